The van der Waals surface area contributed by atoms with Crippen LogP contribution in [0.4, 0.5) is 13.2 Å². The molecule has 1 aromatic rings. The van der Waals surface area contributed by atoms with E-state index in [1.165, 1.54) is 12.1 Å². The summed E-state index contributed by atoms with van der Waals surface area (Å²) in [6.07, 6.45) is -1.21. The minimum atomic E-state index is -4.50. The number of nitrogens with one attached hydrogen (secondary N) is 1. The number of carbonyl (C=O) groups is 2. The van der Waals surface area contributed by atoms with E-state index in [9.17, 15) is 22.8 Å². The molecule has 0 aromatic heterocycles. The van der Waals surface area contributed by atoms with E-state index in [0.717, 1.165) is 37.9 Å². The lowest BCUT2D eigenvalue weighted by Crippen LogP contribution is -2.39. The molecular weight excluding hydrogens is 309 g/mol. The van der Waals surface area contributed by atoms with Gasteiger partial charge in [0.15, 0.2) is 0 Å². The van der Waals surface area contributed by atoms with E-state index in [0.29, 0.717) is 12.0 Å². The molecular formula is C16H17F3N2O2. The van der Waals surface area contributed by atoms with Gasteiger partial charge in [-0.2, -0.15) is 13.2 Å². The van der Waals surface area contributed by atoms with Crippen molar-refractivity contribution in [1.29, 1.82) is 0 Å². The lowest BCUT2D eigenvalue weighted by Gasteiger charge is -2.16. The Balaban J connectivity index is 1.56. The summed E-state index contributed by atoms with van der Waals surface area (Å²) in [6.45, 7) is 1.23. The summed E-state index contributed by atoms with van der Waals surface area (Å²) in [5.74, 6) is -0.862. The Kier molecular flexibility index (Phi) is 3.82. The maximum absolute atomic E-state index is 12.6. The lowest BCUT2D eigenvalue weighted by atomic mass is 10.1. The summed E-state index contributed by atoms with van der Waals surface area (Å²) >= 11 is 0. The molecule has 1 saturated carbocycles. The largest absolute Gasteiger partial charge is 0.416 e. The van der Waals surface area contributed by atoms with E-state index in [-0.39, 0.29) is 18.0 Å². The first-order valence-corrected chi connectivity index (χ1v) is 7.52. The highest BCUT2D eigenvalue weighted by Gasteiger charge is 2.48. The molecule has 7 heteroatoms. The highest BCUT2D eigenvalue weighted by atomic mass is 19.4. The smallest absolute Gasteiger partial charge is 0.343 e. The van der Waals surface area contributed by atoms with E-state index in [1.54, 1.807) is 4.90 Å². The van der Waals surface area contributed by atoms with Gasteiger partial charge in [-0.1, -0.05) is 6.07 Å². The van der Waals surface area contributed by atoms with Crippen molar-refractivity contribution < 1.29 is 22.8 Å². The van der Waals surface area contributed by atoms with E-state index >= 15 is 0 Å². The van der Waals surface area contributed by atoms with Crippen molar-refractivity contribution in [3.8, 4) is 0 Å². The Morgan fingerprint density at radius 1 is 1.22 bits per heavy atom. The molecule has 1 aliphatic heterocycles. The van der Waals surface area contributed by atoms with Gasteiger partial charge in [0.05, 0.1) is 12.1 Å². The molecule has 2 aliphatic rings. The minimum absolute atomic E-state index is 0.104. The third-order valence-electron chi connectivity index (χ3n) is 4.60. The van der Waals surface area contributed by atoms with Gasteiger partial charge in [0.1, 0.15) is 0 Å². The quantitative estimate of drug-likeness (QED) is 0.927. The first kappa shape index (κ1) is 15.8. The summed E-state index contributed by atoms with van der Waals surface area (Å²) < 4.78 is 37.9. The fourth-order valence-corrected chi connectivity index (χ4v) is 2.94. The second kappa shape index (κ2) is 5.54. The van der Waals surface area contributed by atoms with Crippen LogP contribution in [-0.4, -0.2) is 36.3 Å². The summed E-state index contributed by atoms with van der Waals surface area (Å²) in [6, 6.07) is 4.16. The summed E-state index contributed by atoms with van der Waals surface area (Å²) in [5, 5.41) is 2.40. The normalized spacial score (nSPS) is 19.0. The molecule has 3 rings (SSSR count). The molecule has 2 fully saturated rings. The van der Waals surface area contributed by atoms with E-state index < -0.39 is 17.6 Å². The number of alkyl halides is 3. The average molecular weight is 326 g/mol. The van der Waals surface area contributed by atoms with Crippen LogP contribution in [0.1, 0.15) is 35.2 Å². The van der Waals surface area contributed by atoms with Crippen molar-refractivity contribution in [2.45, 2.75) is 25.4 Å². The van der Waals surface area contributed by atoms with E-state index in [1.807, 2.05) is 0 Å². The molecule has 0 atom stereocenters. The average Bonchev–Trinajstić information content (AvgIpc) is 3.13. The molecule has 1 aromatic carbocycles. The third-order valence-corrected chi connectivity index (χ3v) is 4.60. The SMILES string of the molecule is O=C(NCC(=O)N1CCC2(CC2)C1)c1cccc(C(F)(F)F)c1. The summed E-state index contributed by atoms with van der Waals surface area (Å²) in [5.41, 5.74) is -0.680. The van der Waals surface area contributed by atoms with Crippen LogP contribution in [0.25, 0.3) is 0 Å². The predicted molar refractivity (Wildman–Crippen MR) is 76.6 cm³/mol. The Morgan fingerprint density at radius 2 is 1.96 bits per heavy atom. The zero-order valence-electron chi connectivity index (χ0n) is 12.4. The monoisotopic (exact) mass is 326 g/mol. The second-order valence-corrected chi connectivity index (χ2v) is 6.33. The third kappa shape index (κ3) is 3.48. The molecule has 0 bridgehead atoms. The molecule has 1 saturated heterocycles. The van der Waals surface area contributed by atoms with Crippen molar-refractivity contribution in [3.05, 3.63) is 35.4 Å². The highest BCUT2D eigenvalue weighted by molar-refractivity contribution is 5.96. The van der Waals surface area contributed by atoms with Crippen LogP contribution in [0.2, 0.25) is 0 Å². The number of hydrogen-bond donors (Lipinski definition) is 1. The first-order chi connectivity index (χ1) is 10.8. The van der Waals surface area contributed by atoms with Crippen LogP contribution in [0, 0.1) is 5.41 Å². The molecule has 1 heterocycles. The van der Waals surface area contributed by atoms with Crippen LogP contribution in [0.3, 0.4) is 0 Å². The van der Waals surface area contributed by atoms with Gasteiger partial charge in [-0.25, -0.2) is 0 Å². The Labute approximate surface area is 131 Å². The van der Waals surface area contributed by atoms with Gasteiger partial charge in [0, 0.05) is 18.7 Å². The number of rotatable bonds is 3. The predicted octanol–water partition coefficient (Wildman–Crippen LogP) is 2.45. The highest BCUT2D eigenvalue weighted by Crippen LogP contribution is 2.52. The van der Waals surface area contributed by atoms with Crippen LogP contribution in [0.15, 0.2) is 24.3 Å². The van der Waals surface area contributed by atoms with Crippen molar-refractivity contribution in [2.75, 3.05) is 19.6 Å². The molecule has 1 aliphatic carbocycles. The van der Waals surface area contributed by atoms with Gasteiger partial charge >= 0.3 is 6.18 Å². The van der Waals surface area contributed by atoms with Crippen LogP contribution in [-0.2, 0) is 11.0 Å². The Hall–Kier alpha value is -2.05. The maximum Gasteiger partial charge on any atom is 0.416 e. The van der Waals surface area contributed by atoms with Gasteiger partial charge in [-0.05, 0) is 42.9 Å². The standard InChI is InChI=1S/C16H17F3N2O2/c17-16(18,19)12-3-1-2-11(8-12)14(23)20-9-13(22)21-7-6-15(10-21)4-5-15/h1-3,8H,4-7,9-10H2,(H,20,23). The van der Waals surface area contributed by atoms with Crippen LogP contribution >= 0.6 is 0 Å². The zero-order valence-corrected chi connectivity index (χ0v) is 12.4. The molecule has 0 radical (unpaired) electrons. The van der Waals surface area contributed by atoms with Gasteiger partial charge in [0.25, 0.3) is 5.91 Å². The number of halogens is 3. The first-order valence-electron chi connectivity index (χ1n) is 7.52. The fraction of sp³-hybridized carbons (Fsp3) is 0.500. The molecule has 124 valence electrons. The van der Waals surface area contributed by atoms with Gasteiger partial charge in [-0.15, -0.1) is 0 Å². The summed E-state index contributed by atoms with van der Waals surface area (Å²) in [7, 11) is 0. The number of benzene rings is 1. The molecule has 1 spiro atoms. The van der Waals surface area contributed by atoms with Gasteiger partial charge < -0.3 is 10.2 Å². The number of hydrogen-bond acceptors (Lipinski definition) is 2. The number of likely N-dealkylation sites (tertiary alicyclic amines) is 1. The Bertz CT molecular complexity index is 638. The molecule has 23 heavy (non-hydrogen) atoms. The second-order valence-electron chi connectivity index (χ2n) is 6.33. The summed E-state index contributed by atoms with van der Waals surface area (Å²) in [4.78, 5) is 25.7. The Morgan fingerprint density at radius 3 is 2.57 bits per heavy atom. The number of nitrogens with zero attached hydrogens (tertiary/aromatic N) is 1. The molecule has 1 N–H and O–H groups in total. The molecule has 4 nitrogen and oxygen atoms in total. The van der Waals surface area contributed by atoms with Crippen LogP contribution in [0.5, 0.6) is 0 Å². The van der Waals surface area contributed by atoms with Crippen molar-refractivity contribution in [1.82, 2.24) is 10.2 Å². The molecule has 0 unspecified atom stereocenters. The minimum Gasteiger partial charge on any atom is -0.343 e. The number of carbonyl (C=O) groups excluding carboxylic acids is 2. The number of amides is 2. The van der Waals surface area contributed by atoms with E-state index in [4.69, 9.17) is 0 Å². The zero-order chi connectivity index (χ0) is 16.7. The van der Waals surface area contributed by atoms with Crippen molar-refractivity contribution >= 4 is 11.8 Å². The topological polar surface area (TPSA) is 49.4 Å². The van der Waals surface area contributed by atoms with Crippen molar-refractivity contribution in [3.63, 3.8) is 0 Å². The maximum atomic E-state index is 12.6. The van der Waals surface area contributed by atoms with Crippen LogP contribution < -0.4 is 5.32 Å². The van der Waals surface area contributed by atoms with Crippen molar-refractivity contribution in [2.24, 2.45) is 5.41 Å². The lowest BCUT2D eigenvalue weighted by molar-refractivity contribution is -0.137. The van der Waals surface area contributed by atoms with Gasteiger partial charge in [0.2, 0.25) is 5.91 Å². The van der Waals surface area contributed by atoms with E-state index in [2.05, 4.69) is 5.32 Å². The molecule has 2 amide bonds. The van der Waals surface area contributed by atoms with Gasteiger partial charge in [-0.3, -0.25) is 9.59 Å². The fourth-order valence-electron chi connectivity index (χ4n) is 2.94.